The van der Waals surface area contributed by atoms with Gasteiger partial charge < -0.3 is 10.0 Å². The van der Waals surface area contributed by atoms with Crippen molar-refractivity contribution in [1.82, 2.24) is 0 Å². The second kappa shape index (κ2) is 5.80. The molecule has 0 unspecified atom stereocenters. The number of nitro benzene ring substituents is 1. The van der Waals surface area contributed by atoms with Crippen molar-refractivity contribution in [1.29, 1.82) is 0 Å². The second-order valence-corrected chi connectivity index (χ2v) is 4.78. The van der Waals surface area contributed by atoms with Gasteiger partial charge in [-0.15, -0.1) is 0 Å². The van der Waals surface area contributed by atoms with Crippen molar-refractivity contribution in [2.75, 3.05) is 11.9 Å². The number of nitrogens with zero attached hydrogens (tertiary/aromatic N) is 2. The zero-order valence-corrected chi connectivity index (χ0v) is 11.7. The number of carbonyl (C=O) groups is 1. The third-order valence-corrected chi connectivity index (χ3v) is 3.08. The first-order chi connectivity index (χ1) is 9.88. The average molecular weight is 307 g/mol. The van der Waals surface area contributed by atoms with Crippen LogP contribution in [-0.2, 0) is 0 Å². The highest BCUT2D eigenvalue weighted by atomic mass is 35.5. The predicted molar refractivity (Wildman–Crippen MR) is 78.9 cm³/mol. The average Bonchev–Trinajstić information content (AvgIpc) is 2.45. The Bertz CT molecular complexity index is 718. The number of anilines is 1. The molecule has 2 rings (SSSR count). The number of phenols is 1. The van der Waals surface area contributed by atoms with E-state index < -0.39 is 10.8 Å². The maximum absolute atomic E-state index is 12.3. The lowest BCUT2D eigenvalue weighted by Gasteiger charge is -2.17. The Morgan fingerprint density at radius 1 is 1.29 bits per heavy atom. The van der Waals surface area contributed by atoms with Crippen molar-refractivity contribution >= 4 is 28.9 Å². The Kier molecular flexibility index (Phi) is 4.09. The molecular formula is C14H11ClN2O4. The molecule has 0 heterocycles. The summed E-state index contributed by atoms with van der Waals surface area (Å²) >= 11 is 5.80. The molecule has 0 aliphatic heterocycles. The monoisotopic (exact) mass is 306 g/mol. The molecule has 108 valence electrons. The molecule has 7 heteroatoms. The zero-order valence-electron chi connectivity index (χ0n) is 11.0. The topological polar surface area (TPSA) is 83.7 Å². The molecule has 6 nitrogen and oxygen atoms in total. The molecule has 0 saturated heterocycles. The lowest BCUT2D eigenvalue weighted by molar-refractivity contribution is -0.384. The van der Waals surface area contributed by atoms with E-state index in [0.717, 1.165) is 6.07 Å². The summed E-state index contributed by atoms with van der Waals surface area (Å²) in [5, 5.41) is 20.3. The molecular weight excluding hydrogens is 296 g/mol. The first-order valence-corrected chi connectivity index (χ1v) is 6.28. The van der Waals surface area contributed by atoms with Gasteiger partial charge in [0, 0.05) is 41.5 Å². The summed E-state index contributed by atoms with van der Waals surface area (Å²) < 4.78 is 0. The zero-order chi connectivity index (χ0) is 15.6. The molecule has 0 saturated carbocycles. The maximum atomic E-state index is 12.3. The Morgan fingerprint density at radius 3 is 2.62 bits per heavy atom. The maximum Gasteiger partial charge on any atom is 0.271 e. The number of carbonyl (C=O) groups excluding carboxylic acids is 1. The molecule has 0 atom stereocenters. The number of non-ortho nitro benzene ring substituents is 1. The van der Waals surface area contributed by atoms with Crippen molar-refractivity contribution in [2.45, 2.75) is 0 Å². The first-order valence-electron chi connectivity index (χ1n) is 5.90. The molecule has 0 bridgehead atoms. The van der Waals surface area contributed by atoms with Gasteiger partial charge in [-0.3, -0.25) is 14.9 Å². The van der Waals surface area contributed by atoms with E-state index >= 15 is 0 Å². The van der Waals surface area contributed by atoms with Gasteiger partial charge in [0.15, 0.2) is 0 Å². The van der Waals surface area contributed by atoms with E-state index in [9.17, 15) is 20.0 Å². The molecule has 0 aliphatic carbocycles. The Hall–Kier alpha value is -2.60. The van der Waals surface area contributed by atoms with E-state index in [4.69, 9.17) is 11.6 Å². The highest BCUT2D eigenvalue weighted by molar-refractivity contribution is 6.31. The van der Waals surface area contributed by atoms with Gasteiger partial charge >= 0.3 is 0 Å². The van der Waals surface area contributed by atoms with E-state index in [1.807, 2.05) is 0 Å². The Balaban J connectivity index is 2.37. The lowest BCUT2D eigenvalue weighted by Crippen LogP contribution is -2.26. The fourth-order valence-electron chi connectivity index (χ4n) is 1.82. The summed E-state index contributed by atoms with van der Waals surface area (Å²) in [5.74, 6) is -0.449. The molecule has 0 aromatic heterocycles. The van der Waals surface area contributed by atoms with Gasteiger partial charge in [0.25, 0.3) is 11.6 Å². The van der Waals surface area contributed by atoms with E-state index in [0.29, 0.717) is 5.69 Å². The number of amides is 1. The van der Waals surface area contributed by atoms with Crippen LogP contribution in [-0.4, -0.2) is 23.0 Å². The van der Waals surface area contributed by atoms with Crippen LogP contribution in [0.2, 0.25) is 5.02 Å². The van der Waals surface area contributed by atoms with Crippen molar-refractivity contribution in [3.05, 3.63) is 63.2 Å². The molecule has 0 aliphatic rings. The van der Waals surface area contributed by atoms with Crippen LogP contribution in [0, 0.1) is 10.1 Å². The number of aromatic hydroxyl groups is 1. The summed E-state index contributed by atoms with van der Waals surface area (Å²) in [4.78, 5) is 23.8. The number of benzene rings is 2. The van der Waals surface area contributed by atoms with Crippen molar-refractivity contribution in [3.8, 4) is 5.75 Å². The van der Waals surface area contributed by atoms with Crippen LogP contribution in [0.1, 0.15) is 10.4 Å². The predicted octanol–water partition coefficient (Wildman–Crippen LogP) is 3.23. The van der Waals surface area contributed by atoms with Crippen molar-refractivity contribution in [2.24, 2.45) is 0 Å². The Labute approximate surface area is 125 Å². The normalized spacial score (nSPS) is 10.2. The smallest absolute Gasteiger partial charge is 0.271 e. The van der Waals surface area contributed by atoms with Gasteiger partial charge in [-0.2, -0.15) is 0 Å². The van der Waals surface area contributed by atoms with E-state index in [-0.39, 0.29) is 22.0 Å². The van der Waals surface area contributed by atoms with Crippen LogP contribution in [0.5, 0.6) is 5.75 Å². The van der Waals surface area contributed by atoms with Gasteiger partial charge in [-0.25, -0.2) is 0 Å². The van der Waals surface area contributed by atoms with Crippen LogP contribution in [0.4, 0.5) is 11.4 Å². The fourth-order valence-corrected chi connectivity index (χ4v) is 2.04. The molecule has 2 aromatic rings. The summed E-state index contributed by atoms with van der Waals surface area (Å²) in [5.41, 5.74) is 0.304. The molecule has 0 spiro atoms. The number of rotatable bonds is 3. The van der Waals surface area contributed by atoms with Gasteiger partial charge in [0.05, 0.1) is 4.92 Å². The number of hydrogen-bond acceptors (Lipinski definition) is 4. The number of nitro groups is 1. The van der Waals surface area contributed by atoms with E-state index in [1.165, 1.54) is 36.2 Å². The van der Waals surface area contributed by atoms with Crippen LogP contribution < -0.4 is 4.90 Å². The van der Waals surface area contributed by atoms with Crippen LogP contribution in [0.25, 0.3) is 0 Å². The highest BCUT2D eigenvalue weighted by Gasteiger charge is 2.18. The molecule has 0 fully saturated rings. The fraction of sp³-hybridized carbons (Fsp3) is 0.0714. The molecule has 2 aromatic carbocycles. The molecule has 1 amide bonds. The summed E-state index contributed by atoms with van der Waals surface area (Å²) in [6.45, 7) is 0. The lowest BCUT2D eigenvalue weighted by atomic mass is 10.1. The number of hydrogen-bond donors (Lipinski definition) is 1. The minimum atomic E-state index is -0.614. The molecule has 21 heavy (non-hydrogen) atoms. The Morgan fingerprint density at radius 2 is 2.00 bits per heavy atom. The van der Waals surface area contributed by atoms with Crippen LogP contribution >= 0.6 is 11.6 Å². The minimum Gasteiger partial charge on any atom is -0.508 e. The van der Waals surface area contributed by atoms with Gasteiger partial charge in [0.2, 0.25) is 0 Å². The van der Waals surface area contributed by atoms with Crippen LogP contribution in [0.3, 0.4) is 0 Å². The van der Waals surface area contributed by atoms with E-state index in [2.05, 4.69) is 0 Å². The standard InChI is InChI=1S/C14H11ClN2O4/c1-16(11-3-2-4-13(18)8-11)14(19)9-5-10(15)7-12(6-9)17(20)21/h2-8,18H,1H3. The first kappa shape index (κ1) is 14.8. The quantitative estimate of drug-likeness (QED) is 0.697. The van der Waals surface area contributed by atoms with E-state index in [1.54, 1.807) is 12.1 Å². The second-order valence-electron chi connectivity index (χ2n) is 4.34. The van der Waals surface area contributed by atoms with Crippen molar-refractivity contribution < 1.29 is 14.8 Å². The van der Waals surface area contributed by atoms with Gasteiger partial charge in [-0.1, -0.05) is 17.7 Å². The third-order valence-electron chi connectivity index (χ3n) is 2.86. The molecule has 0 radical (unpaired) electrons. The summed E-state index contributed by atoms with van der Waals surface area (Å²) in [7, 11) is 1.50. The number of halogens is 1. The largest absolute Gasteiger partial charge is 0.508 e. The third kappa shape index (κ3) is 3.29. The minimum absolute atomic E-state index is 0.0178. The summed E-state index contributed by atoms with van der Waals surface area (Å²) in [6.07, 6.45) is 0. The SMILES string of the molecule is CN(C(=O)c1cc(Cl)cc([N+](=O)[O-])c1)c1cccc(O)c1. The van der Waals surface area contributed by atoms with Crippen molar-refractivity contribution in [3.63, 3.8) is 0 Å². The highest BCUT2D eigenvalue weighted by Crippen LogP contribution is 2.24. The van der Waals surface area contributed by atoms with Gasteiger partial charge in [0.1, 0.15) is 5.75 Å². The van der Waals surface area contributed by atoms with Crippen LogP contribution in [0.15, 0.2) is 42.5 Å². The number of phenolic OH excluding ortho intramolecular Hbond substituents is 1. The molecule has 1 N–H and O–H groups in total. The summed E-state index contributed by atoms with van der Waals surface area (Å²) in [6, 6.07) is 9.81. The van der Waals surface area contributed by atoms with Gasteiger partial charge in [-0.05, 0) is 18.2 Å².